The SMILES string of the molecule is O=C(OCc1ccccc1)N1CCC([C@@H](F)CCO)CC1. The van der Waals surface area contributed by atoms with Crippen LogP contribution < -0.4 is 0 Å². The first-order chi connectivity index (χ1) is 10.2. The number of ether oxygens (including phenoxy) is 1. The molecule has 1 amide bonds. The van der Waals surface area contributed by atoms with Crippen LogP contribution in [0.3, 0.4) is 0 Å². The molecule has 1 aromatic rings. The van der Waals surface area contributed by atoms with Gasteiger partial charge in [0.05, 0.1) is 0 Å². The maximum Gasteiger partial charge on any atom is 0.410 e. The fraction of sp³-hybridized carbons (Fsp3) is 0.562. The van der Waals surface area contributed by atoms with E-state index in [4.69, 9.17) is 9.84 Å². The Labute approximate surface area is 124 Å². The van der Waals surface area contributed by atoms with E-state index >= 15 is 0 Å². The molecular formula is C16H22FNO3. The van der Waals surface area contributed by atoms with E-state index in [0.29, 0.717) is 25.9 Å². The number of rotatable bonds is 5. The number of hydrogen-bond acceptors (Lipinski definition) is 3. The Bertz CT molecular complexity index is 432. The Hall–Kier alpha value is -1.62. The van der Waals surface area contributed by atoms with Gasteiger partial charge in [-0.15, -0.1) is 0 Å². The summed E-state index contributed by atoms with van der Waals surface area (Å²) >= 11 is 0. The normalized spacial score (nSPS) is 17.5. The predicted octanol–water partition coefficient (Wildman–Crippen LogP) is 2.76. The van der Waals surface area contributed by atoms with Crippen LogP contribution in [-0.2, 0) is 11.3 Å². The quantitative estimate of drug-likeness (QED) is 0.908. The van der Waals surface area contributed by atoms with Gasteiger partial charge in [-0.3, -0.25) is 0 Å². The average molecular weight is 295 g/mol. The van der Waals surface area contributed by atoms with Crippen LogP contribution in [0.2, 0.25) is 0 Å². The number of alkyl halides is 1. The number of carbonyl (C=O) groups excluding carboxylic acids is 1. The minimum atomic E-state index is -0.975. The zero-order valence-corrected chi connectivity index (χ0v) is 12.1. The van der Waals surface area contributed by atoms with Crippen LogP contribution >= 0.6 is 0 Å². The van der Waals surface area contributed by atoms with Crippen molar-refractivity contribution in [1.82, 2.24) is 4.90 Å². The number of aliphatic hydroxyl groups is 1. The van der Waals surface area contributed by atoms with E-state index in [1.165, 1.54) is 0 Å². The number of carbonyl (C=O) groups is 1. The van der Waals surface area contributed by atoms with Crippen molar-refractivity contribution in [1.29, 1.82) is 0 Å². The third-order valence-corrected chi connectivity index (χ3v) is 3.92. The molecule has 0 aliphatic carbocycles. The molecule has 116 valence electrons. The lowest BCUT2D eigenvalue weighted by atomic mass is 9.91. The molecule has 1 N–H and O–H groups in total. The predicted molar refractivity (Wildman–Crippen MR) is 77.5 cm³/mol. The summed E-state index contributed by atoms with van der Waals surface area (Å²) in [7, 11) is 0. The first-order valence-corrected chi connectivity index (χ1v) is 7.41. The summed E-state index contributed by atoms with van der Waals surface area (Å²) in [4.78, 5) is 13.6. The summed E-state index contributed by atoms with van der Waals surface area (Å²) in [5, 5.41) is 8.76. The first kappa shape index (κ1) is 15.8. The summed E-state index contributed by atoms with van der Waals surface area (Å²) < 4.78 is 19.0. The van der Waals surface area contributed by atoms with E-state index in [1.54, 1.807) is 4.90 Å². The van der Waals surface area contributed by atoms with Gasteiger partial charge in [0.2, 0.25) is 0 Å². The molecule has 0 aromatic heterocycles. The van der Waals surface area contributed by atoms with Gasteiger partial charge in [-0.1, -0.05) is 30.3 Å². The molecule has 1 heterocycles. The minimum Gasteiger partial charge on any atom is -0.445 e. The number of likely N-dealkylation sites (tertiary alicyclic amines) is 1. The van der Waals surface area contributed by atoms with E-state index in [9.17, 15) is 9.18 Å². The van der Waals surface area contributed by atoms with Gasteiger partial charge in [0.25, 0.3) is 0 Å². The molecule has 21 heavy (non-hydrogen) atoms. The van der Waals surface area contributed by atoms with Gasteiger partial charge < -0.3 is 14.7 Å². The lowest BCUT2D eigenvalue weighted by molar-refractivity contribution is 0.0655. The lowest BCUT2D eigenvalue weighted by Gasteiger charge is -2.32. The molecule has 1 aliphatic rings. The molecule has 4 nitrogen and oxygen atoms in total. The van der Waals surface area contributed by atoms with Gasteiger partial charge in [-0.2, -0.15) is 0 Å². The van der Waals surface area contributed by atoms with E-state index in [1.807, 2.05) is 30.3 Å². The molecule has 0 spiro atoms. The number of aliphatic hydroxyl groups excluding tert-OH is 1. The number of amides is 1. The van der Waals surface area contributed by atoms with Gasteiger partial charge in [-0.05, 0) is 24.3 Å². The number of hydrogen-bond donors (Lipinski definition) is 1. The number of benzene rings is 1. The highest BCUT2D eigenvalue weighted by Gasteiger charge is 2.28. The van der Waals surface area contributed by atoms with Gasteiger partial charge in [0, 0.05) is 26.1 Å². The second-order valence-corrected chi connectivity index (χ2v) is 5.39. The molecular weight excluding hydrogens is 273 g/mol. The van der Waals surface area contributed by atoms with Crippen molar-refractivity contribution in [2.45, 2.75) is 32.0 Å². The zero-order chi connectivity index (χ0) is 15.1. The summed E-state index contributed by atoms with van der Waals surface area (Å²) in [6.07, 6.45) is 0.124. The highest BCUT2D eigenvalue weighted by Crippen LogP contribution is 2.25. The number of nitrogens with zero attached hydrogens (tertiary/aromatic N) is 1. The summed E-state index contributed by atoms with van der Waals surface area (Å²) in [5.74, 6) is -0.0599. The Morgan fingerprint density at radius 3 is 2.62 bits per heavy atom. The van der Waals surface area contributed by atoms with Crippen molar-refractivity contribution < 1.29 is 19.0 Å². The minimum absolute atomic E-state index is 0.0599. The molecule has 1 saturated heterocycles. The van der Waals surface area contributed by atoms with Crippen molar-refractivity contribution in [3.05, 3.63) is 35.9 Å². The molecule has 1 fully saturated rings. The molecule has 2 rings (SSSR count). The second-order valence-electron chi connectivity index (χ2n) is 5.39. The zero-order valence-electron chi connectivity index (χ0n) is 12.1. The van der Waals surface area contributed by atoms with Gasteiger partial charge >= 0.3 is 6.09 Å². The van der Waals surface area contributed by atoms with Crippen LogP contribution in [0.25, 0.3) is 0 Å². The number of piperidine rings is 1. The highest BCUT2D eigenvalue weighted by atomic mass is 19.1. The lowest BCUT2D eigenvalue weighted by Crippen LogP contribution is -2.40. The Balaban J connectivity index is 1.73. The van der Waals surface area contributed by atoms with Crippen LogP contribution in [0, 0.1) is 5.92 Å². The topological polar surface area (TPSA) is 49.8 Å². The largest absolute Gasteiger partial charge is 0.445 e. The van der Waals surface area contributed by atoms with Crippen LogP contribution in [0.4, 0.5) is 9.18 Å². The van der Waals surface area contributed by atoms with Crippen molar-refractivity contribution >= 4 is 6.09 Å². The van der Waals surface area contributed by atoms with Crippen molar-refractivity contribution in [2.75, 3.05) is 19.7 Å². The van der Waals surface area contributed by atoms with Crippen molar-refractivity contribution in [3.8, 4) is 0 Å². The standard InChI is InChI=1S/C16H22FNO3/c17-15(8-11-19)14-6-9-18(10-7-14)16(20)21-12-13-4-2-1-3-5-13/h1-5,14-15,19H,6-12H2/t15-/m0/s1. The summed E-state index contributed by atoms with van der Waals surface area (Å²) in [5.41, 5.74) is 0.951. The van der Waals surface area contributed by atoms with E-state index in [-0.39, 0.29) is 31.6 Å². The van der Waals surface area contributed by atoms with E-state index in [0.717, 1.165) is 5.56 Å². The third kappa shape index (κ3) is 4.70. The maximum absolute atomic E-state index is 13.7. The van der Waals surface area contributed by atoms with Gasteiger partial charge in [0.1, 0.15) is 12.8 Å². The van der Waals surface area contributed by atoms with Crippen LogP contribution in [0.5, 0.6) is 0 Å². The van der Waals surface area contributed by atoms with Gasteiger partial charge in [-0.25, -0.2) is 9.18 Å². The molecule has 5 heteroatoms. The average Bonchev–Trinajstić information content (AvgIpc) is 2.54. The molecule has 0 radical (unpaired) electrons. The van der Waals surface area contributed by atoms with Gasteiger partial charge in [0.15, 0.2) is 0 Å². The van der Waals surface area contributed by atoms with Crippen molar-refractivity contribution in [3.63, 3.8) is 0 Å². The Morgan fingerprint density at radius 1 is 1.33 bits per heavy atom. The van der Waals surface area contributed by atoms with Crippen LogP contribution in [-0.4, -0.2) is 42.0 Å². The molecule has 1 aromatic carbocycles. The van der Waals surface area contributed by atoms with Crippen LogP contribution in [0.15, 0.2) is 30.3 Å². The molecule has 1 aliphatic heterocycles. The second kappa shape index (κ2) is 7.98. The maximum atomic E-state index is 13.7. The summed E-state index contributed by atoms with van der Waals surface area (Å²) in [6, 6.07) is 9.52. The van der Waals surface area contributed by atoms with E-state index < -0.39 is 6.17 Å². The molecule has 0 unspecified atom stereocenters. The Morgan fingerprint density at radius 2 is 2.00 bits per heavy atom. The number of halogens is 1. The molecule has 1 atom stereocenters. The third-order valence-electron chi connectivity index (χ3n) is 3.92. The molecule has 0 bridgehead atoms. The fourth-order valence-corrected chi connectivity index (χ4v) is 2.61. The van der Waals surface area contributed by atoms with Crippen LogP contribution in [0.1, 0.15) is 24.8 Å². The molecule has 0 saturated carbocycles. The smallest absolute Gasteiger partial charge is 0.410 e. The Kier molecular flexibility index (Phi) is 5.99. The van der Waals surface area contributed by atoms with Crippen molar-refractivity contribution in [2.24, 2.45) is 5.92 Å². The van der Waals surface area contributed by atoms with E-state index in [2.05, 4.69) is 0 Å². The highest BCUT2D eigenvalue weighted by molar-refractivity contribution is 5.67. The first-order valence-electron chi connectivity index (χ1n) is 7.41. The summed E-state index contributed by atoms with van der Waals surface area (Å²) in [6.45, 7) is 1.17. The fourth-order valence-electron chi connectivity index (χ4n) is 2.61. The monoisotopic (exact) mass is 295 g/mol.